The summed E-state index contributed by atoms with van der Waals surface area (Å²) in [5.74, 6) is 0. The van der Waals surface area contributed by atoms with Gasteiger partial charge in [0.2, 0.25) is 0 Å². The average Bonchev–Trinajstić information content (AvgIpc) is 2.07. The third kappa shape index (κ3) is 15.4. The van der Waals surface area contributed by atoms with Crippen LogP contribution in [0.5, 0.6) is 0 Å². The monoisotopic (exact) mass is 444 g/mol. The molecule has 1 heterocycles. The molecular weight excluding hydrogens is 434 g/mol. The molecule has 6 nitrogen and oxygen atoms in total. The van der Waals surface area contributed by atoms with Gasteiger partial charge in [0.15, 0.2) is 7.98 Å². The van der Waals surface area contributed by atoms with E-state index in [0.29, 0.717) is 0 Å². The Morgan fingerprint density at radius 1 is 1.50 bits per heavy atom. The average molecular weight is 444 g/mol. The van der Waals surface area contributed by atoms with E-state index in [4.69, 9.17) is 18.1 Å². The van der Waals surface area contributed by atoms with Gasteiger partial charge in [0.1, 0.15) is 0 Å². The fourth-order valence-corrected chi connectivity index (χ4v) is 0.622. The maximum absolute atomic E-state index is 8.89. The predicted octanol–water partition coefficient (Wildman–Crippen LogP) is -0.260. The number of piperazine rings is 1. The largest absolute Gasteiger partial charge is 2.00 e. The van der Waals surface area contributed by atoms with Crippen LogP contribution in [0.15, 0.2) is 0 Å². The van der Waals surface area contributed by atoms with E-state index in [0.717, 1.165) is 26.2 Å². The van der Waals surface area contributed by atoms with E-state index in [1.807, 2.05) is 0 Å². The minimum absolute atomic E-state index is 0. The Morgan fingerprint density at radius 2 is 1.86 bits per heavy atom. The molecular formula is C5H10BN3O3WY. The van der Waals surface area contributed by atoms with E-state index < -0.39 is 5.09 Å². The summed E-state index contributed by atoms with van der Waals surface area (Å²) >= 11 is 0. The molecule has 0 bridgehead atoms. The molecule has 0 atom stereocenters. The smallest absolute Gasteiger partial charge is 0.660 e. The summed E-state index contributed by atoms with van der Waals surface area (Å²) in [5.41, 5.74) is 0. The van der Waals surface area contributed by atoms with E-state index >= 15 is 0 Å². The SMILES string of the molecule is [B]N1CC[N-]CC1.[CH2-]O[N+](=O)[O-].[W+2].[Y]. The second-order valence-electron chi connectivity index (χ2n) is 2.06. The van der Waals surface area contributed by atoms with E-state index in [-0.39, 0.29) is 53.8 Å². The molecule has 0 N–H and O–H groups in total. The van der Waals surface area contributed by atoms with Gasteiger partial charge in [0.05, 0.1) is 0 Å². The van der Waals surface area contributed by atoms with Crippen molar-refractivity contribution in [2.45, 2.75) is 0 Å². The van der Waals surface area contributed by atoms with Crippen LogP contribution >= 0.6 is 0 Å². The molecule has 0 aromatic rings. The first-order valence-corrected chi connectivity index (χ1v) is 3.36. The van der Waals surface area contributed by atoms with Gasteiger partial charge in [-0.1, -0.05) is 0 Å². The molecule has 0 aliphatic carbocycles. The van der Waals surface area contributed by atoms with Crippen molar-refractivity contribution in [3.8, 4) is 0 Å². The molecule has 1 aliphatic rings. The molecule has 1 fully saturated rings. The van der Waals surface area contributed by atoms with E-state index in [1.165, 1.54) is 0 Å². The third-order valence-corrected chi connectivity index (χ3v) is 1.20. The summed E-state index contributed by atoms with van der Waals surface area (Å²) in [6.45, 7) is 3.69. The summed E-state index contributed by atoms with van der Waals surface area (Å²) in [7, 11) is 7.89. The van der Waals surface area contributed by atoms with Gasteiger partial charge in [-0.05, 0) is 13.1 Å². The Hall–Kier alpha value is 0.977. The molecule has 0 spiro atoms. The molecule has 1 rings (SSSR count). The van der Waals surface area contributed by atoms with Gasteiger partial charge >= 0.3 is 21.1 Å². The Kier molecular flexibility index (Phi) is 20.4. The molecule has 14 heavy (non-hydrogen) atoms. The van der Waals surface area contributed by atoms with Crippen molar-refractivity contribution in [3.63, 3.8) is 0 Å². The quantitative estimate of drug-likeness (QED) is 0.242. The fraction of sp³-hybridized carbons (Fsp3) is 0.800. The van der Waals surface area contributed by atoms with Crippen LogP contribution in [0.4, 0.5) is 0 Å². The van der Waals surface area contributed by atoms with E-state index in [1.54, 1.807) is 4.81 Å². The fourth-order valence-electron chi connectivity index (χ4n) is 0.622. The summed E-state index contributed by atoms with van der Waals surface area (Å²) < 4.78 is 0. The molecule has 75 valence electrons. The van der Waals surface area contributed by atoms with Crippen LogP contribution < -0.4 is 0 Å². The number of hydrogen-bond acceptors (Lipinski definition) is 4. The topological polar surface area (TPSA) is 69.7 Å². The van der Waals surface area contributed by atoms with Gasteiger partial charge in [-0.2, -0.15) is 7.11 Å². The summed E-state index contributed by atoms with van der Waals surface area (Å²) in [4.78, 5) is 13.9. The Bertz CT molecular complexity index is 139. The molecule has 3 radical (unpaired) electrons. The van der Waals surface area contributed by atoms with Crippen LogP contribution in [0.25, 0.3) is 5.32 Å². The maximum Gasteiger partial charge on any atom is 2.00 e. The van der Waals surface area contributed by atoms with Gasteiger partial charge in [-0.3, -0.25) is 0 Å². The normalized spacial score (nSPS) is 14.9. The van der Waals surface area contributed by atoms with Crippen molar-refractivity contribution < 1.29 is 63.7 Å². The summed E-state index contributed by atoms with van der Waals surface area (Å²) in [6.07, 6.45) is 0. The number of nitrogens with zero attached hydrogens (tertiary/aromatic N) is 3. The second kappa shape index (κ2) is 14.0. The van der Waals surface area contributed by atoms with Gasteiger partial charge in [-0.25, -0.2) is 0 Å². The molecule has 0 aromatic carbocycles. The Morgan fingerprint density at radius 3 is 2.00 bits per heavy atom. The summed E-state index contributed by atoms with van der Waals surface area (Å²) in [6, 6.07) is 0. The standard InChI is InChI=1S/C4H8BN2.CH2NO3.W.Y/c5-7-3-1-6-2-4-7;1-5-2(3)4;;/h1-4H2;1H2;;/q2*-1;+2;. The predicted molar refractivity (Wildman–Crippen MR) is 43.9 cm³/mol. The Labute approximate surface area is 124 Å². The van der Waals surface area contributed by atoms with Gasteiger partial charge in [0, 0.05) is 32.7 Å². The van der Waals surface area contributed by atoms with Crippen LogP contribution in [0.1, 0.15) is 0 Å². The second-order valence-corrected chi connectivity index (χ2v) is 2.06. The van der Waals surface area contributed by atoms with Gasteiger partial charge in [0.25, 0.3) is 5.09 Å². The van der Waals surface area contributed by atoms with Crippen LogP contribution in [0.3, 0.4) is 0 Å². The first-order chi connectivity index (χ1) is 5.66. The molecule has 0 amide bonds. The van der Waals surface area contributed by atoms with Crippen molar-refractivity contribution in [3.05, 3.63) is 22.5 Å². The minimum Gasteiger partial charge on any atom is -0.660 e. The molecule has 1 saturated heterocycles. The summed E-state index contributed by atoms with van der Waals surface area (Å²) in [5, 5.41) is 12.0. The molecule has 0 aromatic heterocycles. The van der Waals surface area contributed by atoms with Crippen molar-refractivity contribution in [2.24, 2.45) is 0 Å². The van der Waals surface area contributed by atoms with E-state index in [2.05, 4.69) is 17.3 Å². The van der Waals surface area contributed by atoms with E-state index in [9.17, 15) is 0 Å². The van der Waals surface area contributed by atoms with Crippen LogP contribution in [-0.4, -0.2) is 44.1 Å². The van der Waals surface area contributed by atoms with Crippen molar-refractivity contribution >= 4 is 7.98 Å². The zero-order chi connectivity index (χ0) is 9.40. The van der Waals surface area contributed by atoms with Crippen LogP contribution in [0.2, 0.25) is 0 Å². The van der Waals surface area contributed by atoms with Crippen LogP contribution in [-0.2, 0) is 58.6 Å². The first kappa shape index (κ1) is 20.4. The van der Waals surface area contributed by atoms with Crippen molar-refractivity contribution in [1.82, 2.24) is 4.81 Å². The maximum atomic E-state index is 8.89. The molecule has 9 heteroatoms. The number of hydrogen-bond donors (Lipinski definition) is 0. The first-order valence-electron chi connectivity index (χ1n) is 3.36. The minimum atomic E-state index is -0.986. The molecule has 1 aliphatic heterocycles. The molecule has 0 saturated carbocycles. The number of rotatable bonds is 1. The Balaban J connectivity index is -0.000000159. The van der Waals surface area contributed by atoms with Crippen molar-refractivity contribution in [2.75, 3.05) is 26.2 Å². The van der Waals surface area contributed by atoms with Crippen LogP contribution in [0, 0.1) is 17.2 Å². The van der Waals surface area contributed by atoms with Crippen molar-refractivity contribution in [1.29, 1.82) is 0 Å². The third-order valence-electron chi connectivity index (χ3n) is 1.20. The zero-order valence-corrected chi connectivity index (χ0v) is 13.4. The zero-order valence-electron chi connectivity index (χ0n) is 7.66. The van der Waals surface area contributed by atoms with Gasteiger partial charge in [-0.15, -0.1) is 23.2 Å². The molecule has 0 unspecified atom stereocenters. The van der Waals surface area contributed by atoms with Gasteiger partial charge < -0.3 is 15.0 Å².